The van der Waals surface area contributed by atoms with Crippen LogP contribution in [0.25, 0.3) is 0 Å². The van der Waals surface area contributed by atoms with Gasteiger partial charge in [0.1, 0.15) is 11.4 Å². The Morgan fingerprint density at radius 1 is 1.47 bits per heavy atom. The molecule has 0 saturated carbocycles. The molecule has 1 aromatic rings. The summed E-state index contributed by atoms with van der Waals surface area (Å²) in [5.74, 6) is 0.323. The van der Waals surface area contributed by atoms with Gasteiger partial charge in [0.05, 0.1) is 11.9 Å². The van der Waals surface area contributed by atoms with Crippen LogP contribution >= 0.6 is 0 Å². The van der Waals surface area contributed by atoms with Crippen LogP contribution in [0.3, 0.4) is 0 Å². The van der Waals surface area contributed by atoms with Gasteiger partial charge in [-0.2, -0.15) is 4.99 Å². The van der Waals surface area contributed by atoms with Gasteiger partial charge in [-0.15, -0.1) is 0 Å². The molecular formula is C11H13N3O3. The maximum atomic E-state index is 11.4. The van der Waals surface area contributed by atoms with Crippen LogP contribution in [0.5, 0.6) is 0 Å². The summed E-state index contributed by atoms with van der Waals surface area (Å²) in [6.07, 6.45) is 2.16. The first kappa shape index (κ1) is 12.9. The van der Waals surface area contributed by atoms with Crippen molar-refractivity contribution in [3.8, 4) is 0 Å². The molecule has 0 unspecified atom stereocenters. The van der Waals surface area contributed by atoms with Crippen molar-refractivity contribution in [3.63, 3.8) is 0 Å². The van der Waals surface area contributed by atoms with E-state index in [4.69, 9.17) is 4.74 Å². The van der Waals surface area contributed by atoms with E-state index in [0.29, 0.717) is 11.5 Å². The number of anilines is 1. The SMILES string of the molecule is CC(C)(C)OC(=O)Nc1ccc(N=C=O)cn1. The van der Waals surface area contributed by atoms with Gasteiger partial charge in [-0.1, -0.05) is 0 Å². The van der Waals surface area contributed by atoms with E-state index < -0.39 is 11.7 Å². The van der Waals surface area contributed by atoms with E-state index in [1.807, 2.05) is 0 Å². The summed E-state index contributed by atoms with van der Waals surface area (Å²) >= 11 is 0. The van der Waals surface area contributed by atoms with Gasteiger partial charge < -0.3 is 4.74 Å². The fourth-order valence-corrected chi connectivity index (χ4v) is 0.987. The average molecular weight is 235 g/mol. The molecule has 90 valence electrons. The fraction of sp³-hybridized carbons (Fsp3) is 0.364. The zero-order valence-corrected chi connectivity index (χ0v) is 9.85. The molecule has 6 heteroatoms. The molecule has 0 bridgehead atoms. The van der Waals surface area contributed by atoms with Crippen molar-refractivity contribution in [1.82, 2.24) is 4.98 Å². The lowest BCUT2D eigenvalue weighted by atomic mass is 10.2. The summed E-state index contributed by atoms with van der Waals surface area (Å²) in [5.41, 5.74) is -0.194. The van der Waals surface area contributed by atoms with Crippen LogP contribution in [0.4, 0.5) is 16.3 Å². The Balaban J connectivity index is 2.63. The third-order valence-electron chi connectivity index (χ3n) is 1.55. The van der Waals surface area contributed by atoms with Gasteiger partial charge in [0.15, 0.2) is 0 Å². The number of isocyanates is 1. The number of carbonyl (C=O) groups excluding carboxylic acids is 2. The molecule has 17 heavy (non-hydrogen) atoms. The van der Waals surface area contributed by atoms with Crippen LogP contribution in [-0.4, -0.2) is 22.8 Å². The van der Waals surface area contributed by atoms with Gasteiger partial charge in [-0.25, -0.2) is 14.6 Å². The highest BCUT2D eigenvalue weighted by Gasteiger charge is 2.16. The number of amides is 1. The quantitative estimate of drug-likeness (QED) is 0.630. The molecule has 0 atom stereocenters. The molecule has 1 aromatic heterocycles. The zero-order chi connectivity index (χ0) is 12.9. The Morgan fingerprint density at radius 2 is 2.18 bits per heavy atom. The van der Waals surface area contributed by atoms with Crippen molar-refractivity contribution in [2.75, 3.05) is 5.32 Å². The summed E-state index contributed by atoms with van der Waals surface area (Å²) in [5, 5.41) is 2.46. The maximum absolute atomic E-state index is 11.4. The predicted molar refractivity (Wildman–Crippen MR) is 61.9 cm³/mol. The molecule has 1 rings (SSSR count). The van der Waals surface area contributed by atoms with Crippen molar-refractivity contribution < 1.29 is 14.3 Å². The van der Waals surface area contributed by atoms with Crippen LogP contribution < -0.4 is 5.32 Å². The second-order valence-electron chi connectivity index (χ2n) is 4.23. The molecule has 0 fully saturated rings. The number of hydrogen-bond acceptors (Lipinski definition) is 5. The summed E-state index contributed by atoms with van der Waals surface area (Å²) in [6, 6.07) is 3.05. The fourth-order valence-electron chi connectivity index (χ4n) is 0.987. The van der Waals surface area contributed by atoms with E-state index in [0.717, 1.165) is 0 Å². The largest absolute Gasteiger partial charge is 0.444 e. The second kappa shape index (κ2) is 5.23. The molecule has 0 aliphatic carbocycles. The van der Waals surface area contributed by atoms with Crippen LogP contribution in [0.1, 0.15) is 20.8 Å². The maximum Gasteiger partial charge on any atom is 0.413 e. The summed E-state index contributed by atoms with van der Waals surface area (Å²) < 4.78 is 5.04. The lowest BCUT2D eigenvalue weighted by Gasteiger charge is -2.19. The number of aromatic nitrogens is 1. The molecule has 0 aliphatic rings. The van der Waals surface area contributed by atoms with E-state index in [1.54, 1.807) is 20.8 Å². The van der Waals surface area contributed by atoms with E-state index in [9.17, 15) is 9.59 Å². The number of ether oxygens (including phenoxy) is 1. The Labute approximate surface area is 98.7 Å². The summed E-state index contributed by atoms with van der Waals surface area (Å²) in [7, 11) is 0. The number of pyridine rings is 1. The molecule has 1 amide bonds. The van der Waals surface area contributed by atoms with E-state index >= 15 is 0 Å². The first-order valence-electron chi connectivity index (χ1n) is 4.94. The highest BCUT2D eigenvalue weighted by Crippen LogP contribution is 2.13. The van der Waals surface area contributed by atoms with E-state index in [2.05, 4.69) is 15.3 Å². The van der Waals surface area contributed by atoms with Crippen molar-refractivity contribution in [3.05, 3.63) is 18.3 Å². The summed E-state index contributed by atoms with van der Waals surface area (Å²) in [6.45, 7) is 5.30. The monoisotopic (exact) mass is 235 g/mol. The topological polar surface area (TPSA) is 80.6 Å². The Morgan fingerprint density at radius 3 is 2.65 bits per heavy atom. The normalized spacial score (nSPS) is 10.3. The van der Waals surface area contributed by atoms with Crippen molar-refractivity contribution >= 4 is 23.7 Å². The van der Waals surface area contributed by atoms with E-state index in [-0.39, 0.29) is 0 Å². The third kappa shape index (κ3) is 4.90. The number of nitrogens with zero attached hydrogens (tertiary/aromatic N) is 2. The van der Waals surface area contributed by atoms with Gasteiger partial charge >= 0.3 is 6.09 Å². The minimum Gasteiger partial charge on any atom is -0.444 e. The molecule has 0 aromatic carbocycles. The van der Waals surface area contributed by atoms with Gasteiger partial charge in [-0.05, 0) is 32.9 Å². The number of hydrogen-bond donors (Lipinski definition) is 1. The van der Waals surface area contributed by atoms with Gasteiger partial charge in [-0.3, -0.25) is 5.32 Å². The molecule has 0 spiro atoms. The van der Waals surface area contributed by atoms with Crippen molar-refractivity contribution in [1.29, 1.82) is 0 Å². The van der Waals surface area contributed by atoms with Crippen LogP contribution in [-0.2, 0) is 9.53 Å². The number of rotatable bonds is 2. The number of aliphatic imine (C=N–C) groups is 1. The molecule has 0 radical (unpaired) electrons. The van der Waals surface area contributed by atoms with Gasteiger partial charge in [0, 0.05) is 0 Å². The first-order valence-corrected chi connectivity index (χ1v) is 4.94. The van der Waals surface area contributed by atoms with Crippen molar-refractivity contribution in [2.45, 2.75) is 26.4 Å². The zero-order valence-electron chi connectivity index (χ0n) is 9.85. The molecule has 0 aliphatic heterocycles. The average Bonchev–Trinajstić information content (AvgIpc) is 2.18. The Hall–Kier alpha value is -2.20. The van der Waals surface area contributed by atoms with Crippen LogP contribution in [0, 0.1) is 0 Å². The predicted octanol–water partition coefficient (Wildman–Crippen LogP) is 2.40. The highest BCUT2D eigenvalue weighted by molar-refractivity contribution is 5.83. The lowest BCUT2D eigenvalue weighted by Crippen LogP contribution is -2.27. The molecule has 1 N–H and O–H groups in total. The van der Waals surface area contributed by atoms with Crippen LogP contribution in [0.2, 0.25) is 0 Å². The smallest absolute Gasteiger partial charge is 0.413 e. The Kier molecular flexibility index (Phi) is 3.96. The number of carbonyl (C=O) groups is 1. The van der Waals surface area contributed by atoms with Gasteiger partial charge in [0.25, 0.3) is 0 Å². The first-order chi connectivity index (χ1) is 7.90. The van der Waals surface area contributed by atoms with Crippen LogP contribution in [0.15, 0.2) is 23.3 Å². The molecule has 6 nitrogen and oxygen atoms in total. The van der Waals surface area contributed by atoms with E-state index in [1.165, 1.54) is 24.4 Å². The Bertz CT molecular complexity index is 442. The van der Waals surface area contributed by atoms with Crippen molar-refractivity contribution in [2.24, 2.45) is 4.99 Å². The third-order valence-corrected chi connectivity index (χ3v) is 1.55. The highest BCUT2D eigenvalue weighted by atomic mass is 16.6. The minimum atomic E-state index is -0.586. The molecule has 0 saturated heterocycles. The van der Waals surface area contributed by atoms with Gasteiger partial charge in [0.2, 0.25) is 6.08 Å². The molecule has 1 heterocycles. The second-order valence-corrected chi connectivity index (χ2v) is 4.23. The lowest BCUT2D eigenvalue weighted by molar-refractivity contribution is 0.0635. The standard InChI is InChI=1S/C11H13N3O3/c1-11(2,3)17-10(16)14-9-5-4-8(6-12-9)13-7-15/h4-6H,1-3H3,(H,12,14,16). The minimum absolute atomic E-state index is 0.323. The molecular weight excluding hydrogens is 222 g/mol. The number of nitrogens with one attached hydrogen (secondary N) is 1. The summed E-state index contributed by atoms with van der Waals surface area (Å²) in [4.78, 5) is 28.6.